The molecule has 0 atom stereocenters. The molecule has 14 heteroatoms. The van der Waals surface area contributed by atoms with Crippen LogP contribution in [0.25, 0.3) is 17.1 Å². The number of thiazole rings is 1. The SMILES string of the molecule is N#CCCN(Cc1cccnc1)C(=O)c1csc(CSc2nnc(-c3ccncc3)n2-c2cccc(C(F)(F)F)c2)n1. The van der Waals surface area contributed by atoms with Gasteiger partial charge in [-0.05, 0) is 42.0 Å². The molecule has 1 amide bonds. The van der Waals surface area contributed by atoms with Gasteiger partial charge >= 0.3 is 6.18 Å². The van der Waals surface area contributed by atoms with Crippen LogP contribution in [0, 0.1) is 11.3 Å². The van der Waals surface area contributed by atoms with Crippen LogP contribution in [-0.2, 0) is 18.5 Å². The predicted octanol–water partition coefficient (Wildman–Crippen LogP) is 6.05. The Morgan fingerprint density at radius 3 is 2.64 bits per heavy atom. The Bertz CT molecular complexity index is 1700. The topological polar surface area (TPSA) is 113 Å². The van der Waals surface area contributed by atoms with Crippen LogP contribution in [0.3, 0.4) is 0 Å². The first kappa shape index (κ1) is 28.9. The molecule has 42 heavy (non-hydrogen) atoms. The van der Waals surface area contributed by atoms with Crippen molar-refractivity contribution in [2.45, 2.75) is 30.1 Å². The summed E-state index contributed by atoms with van der Waals surface area (Å²) in [5, 5.41) is 20.2. The van der Waals surface area contributed by atoms with E-state index in [9.17, 15) is 18.0 Å². The molecular weight excluding hydrogens is 585 g/mol. The first-order chi connectivity index (χ1) is 20.3. The van der Waals surface area contributed by atoms with Crippen LogP contribution in [0.2, 0.25) is 0 Å². The van der Waals surface area contributed by atoms with Crippen molar-refractivity contribution in [2.75, 3.05) is 6.54 Å². The molecule has 4 aromatic heterocycles. The monoisotopic (exact) mass is 606 g/mol. The lowest BCUT2D eigenvalue weighted by Crippen LogP contribution is -2.31. The summed E-state index contributed by atoms with van der Waals surface area (Å²) in [5.74, 6) is 0.345. The number of halogens is 3. The van der Waals surface area contributed by atoms with E-state index in [1.165, 1.54) is 29.2 Å². The van der Waals surface area contributed by atoms with E-state index in [2.05, 4.69) is 31.2 Å². The fourth-order valence-corrected chi connectivity index (χ4v) is 5.76. The van der Waals surface area contributed by atoms with Gasteiger partial charge in [-0.1, -0.05) is 23.9 Å². The number of hydrogen-bond donors (Lipinski definition) is 0. The average molecular weight is 607 g/mol. The molecule has 0 N–H and O–H groups in total. The van der Waals surface area contributed by atoms with Crippen molar-refractivity contribution in [1.29, 1.82) is 5.26 Å². The van der Waals surface area contributed by atoms with Crippen molar-refractivity contribution >= 4 is 29.0 Å². The number of alkyl halides is 3. The van der Waals surface area contributed by atoms with Crippen molar-refractivity contribution in [3.05, 3.63) is 101 Å². The van der Waals surface area contributed by atoms with Gasteiger partial charge in [0.1, 0.15) is 10.7 Å². The van der Waals surface area contributed by atoms with Gasteiger partial charge in [0, 0.05) is 48.8 Å². The smallest absolute Gasteiger partial charge is 0.332 e. The van der Waals surface area contributed by atoms with Crippen molar-refractivity contribution < 1.29 is 18.0 Å². The summed E-state index contributed by atoms with van der Waals surface area (Å²) in [4.78, 5) is 27.4. The summed E-state index contributed by atoms with van der Waals surface area (Å²) < 4.78 is 42.1. The highest BCUT2D eigenvalue weighted by Gasteiger charge is 2.31. The third kappa shape index (κ3) is 6.81. The standard InChI is InChI=1S/C28H21F3N8OS2/c29-28(30,31)21-5-1-6-22(14-21)39-25(20-7-11-33-12-8-20)36-37-27(39)42-18-24-35-23(17-41-24)26(40)38(13-3-9-32)16-19-4-2-10-34-15-19/h1-2,4-8,10-12,14-15,17H,3,13,16,18H2. The van der Waals surface area contributed by atoms with Crippen LogP contribution < -0.4 is 0 Å². The molecule has 0 saturated carbocycles. The van der Waals surface area contributed by atoms with Gasteiger partial charge < -0.3 is 4.90 Å². The highest BCUT2D eigenvalue weighted by Crippen LogP contribution is 2.34. The molecule has 5 rings (SSSR count). The number of aromatic nitrogens is 6. The molecule has 0 radical (unpaired) electrons. The van der Waals surface area contributed by atoms with E-state index in [4.69, 9.17) is 5.26 Å². The van der Waals surface area contributed by atoms with Crippen LogP contribution in [-0.4, -0.2) is 47.1 Å². The van der Waals surface area contributed by atoms with Gasteiger partial charge in [-0.2, -0.15) is 18.4 Å². The molecule has 4 heterocycles. The summed E-state index contributed by atoms with van der Waals surface area (Å²) in [6, 6.07) is 14.1. The van der Waals surface area contributed by atoms with E-state index in [1.807, 2.05) is 6.07 Å². The number of benzene rings is 1. The average Bonchev–Trinajstić information content (AvgIpc) is 3.66. The first-order valence-corrected chi connectivity index (χ1v) is 14.4. The third-order valence-corrected chi connectivity index (χ3v) is 7.95. The fraction of sp³-hybridized carbons (Fsp3) is 0.179. The van der Waals surface area contributed by atoms with Gasteiger partial charge in [-0.3, -0.25) is 19.3 Å². The van der Waals surface area contributed by atoms with Gasteiger partial charge in [-0.15, -0.1) is 21.5 Å². The Labute approximate surface area is 246 Å². The third-order valence-electron chi connectivity index (χ3n) is 5.98. The Hall–Kier alpha value is -4.61. The van der Waals surface area contributed by atoms with E-state index in [-0.39, 0.29) is 36.8 Å². The molecule has 212 valence electrons. The molecule has 0 bridgehead atoms. The van der Waals surface area contributed by atoms with Gasteiger partial charge in [0.2, 0.25) is 0 Å². The summed E-state index contributed by atoms with van der Waals surface area (Å²) in [5.41, 5.74) is 1.17. The van der Waals surface area contributed by atoms with Crippen molar-refractivity contribution in [3.63, 3.8) is 0 Å². The minimum absolute atomic E-state index is 0.170. The van der Waals surface area contributed by atoms with Crippen molar-refractivity contribution in [3.8, 4) is 23.1 Å². The first-order valence-electron chi connectivity index (χ1n) is 12.5. The molecule has 0 aliphatic rings. The number of carbonyl (C=O) groups is 1. The Morgan fingerprint density at radius 2 is 1.90 bits per heavy atom. The lowest BCUT2D eigenvalue weighted by atomic mass is 10.2. The number of amides is 1. The maximum Gasteiger partial charge on any atom is 0.416 e. The largest absolute Gasteiger partial charge is 0.416 e. The maximum atomic E-state index is 13.5. The highest BCUT2D eigenvalue weighted by atomic mass is 32.2. The second-order valence-electron chi connectivity index (χ2n) is 8.84. The summed E-state index contributed by atoms with van der Waals surface area (Å²) in [7, 11) is 0. The molecule has 5 aromatic rings. The van der Waals surface area contributed by atoms with E-state index in [1.54, 1.807) is 63.9 Å². The number of pyridine rings is 2. The predicted molar refractivity (Wildman–Crippen MR) is 150 cm³/mol. The van der Waals surface area contributed by atoms with Gasteiger partial charge in [0.25, 0.3) is 5.91 Å². The number of carbonyl (C=O) groups excluding carboxylic acids is 1. The summed E-state index contributed by atoms with van der Waals surface area (Å²) in [6.07, 6.45) is 2.09. The Morgan fingerprint density at radius 1 is 1.07 bits per heavy atom. The molecular formula is C28H21F3N8OS2. The molecule has 0 unspecified atom stereocenters. The number of hydrogen-bond acceptors (Lipinski definition) is 9. The van der Waals surface area contributed by atoms with Gasteiger partial charge in [0.05, 0.1) is 29.5 Å². The number of thioether (sulfide) groups is 1. The van der Waals surface area contributed by atoms with Crippen molar-refractivity contribution in [2.24, 2.45) is 0 Å². The minimum Gasteiger partial charge on any atom is -0.332 e. The van der Waals surface area contributed by atoms with E-state index >= 15 is 0 Å². The van der Waals surface area contributed by atoms with Crippen LogP contribution in [0.15, 0.2) is 83.9 Å². The maximum absolute atomic E-state index is 13.5. The minimum atomic E-state index is -4.52. The molecule has 0 saturated heterocycles. The normalized spacial score (nSPS) is 11.3. The van der Waals surface area contributed by atoms with Crippen LogP contribution in [0.4, 0.5) is 13.2 Å². The van der Waals surface area contributed by atoms with Crippen LogP contribution in [0.1, 0.15) is 33.0 Å². The van der Waals surface area contributed by atoms with Crippen molar-refractivity contribution in [1.82, 2.24) is 34.6 Å². The number of rotatable bonds is 10. The number of nitriles is 1. The molecule has 0 aliphatic heterocycles. The Kier molecular flexibility index (Phi) is 8.89. The van der Waals surface area contributed by atoms with Gasteiger partial charge in [0.15, 0.2) is 11.0 Å². The number of nitrogens with zero attached hydrogens (tertiary/aromatic N) is 8. The van der Waals surface area contributed by atoms with Crippen LogP contribution >= 0.6 is 23.1 Å². The summed E-state index contributed by atoms with van der Waals surface area (Å²) in [6.45, 7) is 0.525. The molecule has 0 fully saturated rings. The lowest BCUT2D eigenvalue weighted by Gasteiger charge is -2.20. The van der Waals surface area contributed by atoms with Gasteiger partial charge in [-0.25, -0.2) is 4.98 Å². The molecule has 1 aromatic carbocycles. The Balaban J connectivity index is 1.39. The second-order valence-corrected chi connectivity index (χ2v) is 10.7. The zero-order valence-electron chi connectivity index (χ0n) is 21.8. The molecule has 9 nitrogen and oxygen atoms in total. The fourth-order valence-electron chi connectivity index (χ4n) is 4.02. The lowest BCUT2D eigenvalue weighted by molar-refractivity contribution is -0.137. The highest BCUT2D eigenvalue weighted by molar-refractivity contribution is 7.98. The molecule has 0 aliphatic carbocycles. The zero-order chi connectivity index (χ0) is 29.5. The van der Waals surface area contributed by atoms with E-state index in [0.717, 1.165) is 17.7 Å². The molecule has 0 spiro atoms. The van der Waals surface area contributed by atoms with E-state index < -0.39 is 11.7 Å². The quantitative estimate of drug-likeness (QED) is 0.177. The summed E-state index contributed by atoms with van der Waals surface area (Å²) >= 11 is 2.52. The second kappa shape index (κ2) is 12.9. The zero-order valence-corrected chi connectivity index (χ0v) is 23.4. The van der Waals surface area contributed by atoms with E-state index in [0.29, 0.717) is 27.3 Å². The van der Waals surface area contributed by atoms with Crippen LogP contribution in [0.5, 0.6) is 0 Å².